The molecule has 0 bridgehead atoms. The van der Waals surface area contributed by atoms with Crippen LogP contribution < -0.4 is 10.1 Å². The molecule has 6 heteroatoms. The van der Waals surface area contributed by atoms with Crippen molar-refractivity contribution < 1.29 is 14.3 Å². The molecule has 1 aliphatic rings. The van der Waals surface area contributed by atoms with Crippen LogP contribution in [0, 0.1) is 6.92 Å². The summed E-state index contributed by atoms with van der Waals surface area (Å²) in [6, 6.07) is 5.74. The largest absolute Gasteiger partial charge is 0.488 e. The van der Waals surface area contributed by atoms with Gasteiger partial charge in [-0.15, -0.1) is 0 Å². The molecule has 1 N–H and O–H groups in total. The van der Waals surface area contributed by atoms with Gasteiger partial charge >= 0.3 is 0 Å². The lowest BCUT2D eigenvalue weighted by molar-refractivity contribution is -0.116. The second-order valence-electron chi connectivity index (χ2n) is 6.15. The summed E-state index contributed by atoms with van der Waals surface area (Å²) in [6.07, 6.45) is 5.81. The fourth-order valence-corrected chi connectivity index (χ4v) is 2.67. The summed E-state index contributed by atoms with van der Waals surface area (Å²) < 4.78 is 13.1. The molecule has 1 aromatic carbocycles. The molecule has 0 spiro atoms. The van der Waals surface area contributed by atoms with E-state index in [1.54, 1.807) is 10.9 Å². The van der Waals surface area contributed by atoms with E-state index < -0.39 is 0 Å². The predicted octanol–water partition coefficient (Wildman–Crippen LogP) is 2.47. The van der Waals surface area contributed by atoms with Crippen molar-refractivity contribution in [2.75, 3.05) is 18.5 Å². The maximum Gasteiger partial charge on any atom is 0.224 e. The standard InChI is InChI=1S/C18H23N3O3/c1-13-3-5-15(9-17(13)24-16-7-8-23-12-16)20-18(22)6-4-14-10-19-21(2)11-14/h3,5,9-11,16H,4,6-8,12H2,1-2H3,(H,20,22). The second kappa shape index (κ2) is 7.49. The molecule has 0 radical (unpaired) electrons. The van der Waals surface area contributed by atoms with Crippen molar-refractivity contribution in [3.8, 4) is 5.75 Å². The van der Waals surface area contributed by atoms with Crippen LogP contribution in [-0.2, 0) is 23.0 Å². The summed E-state index contributed by atoms with van der Waals surface area (Å²) >= 11 is 0. The molecule has 1 amide bonds. The van der Waals surface area contributed by atoms with Gasteiger partial charge in [-0.3, -0.25) is 9.48 Å². The highest BCUT2D eigenvalue weighted by atomic mass is 16.5. The average molecular weight is 329 g/mol. The van der Waals surface area contributed by atoms with Gasteiger partial charge in [0.15, 0.2) is 0 Å². The maximum atomic E-state index is 12.1. The number of nitrogens with one attached hydrogen (secondary N) is 1. The minimum atomic E-state index is -0.0159. The number of hydrogen-bond donors (Lipinski definition) is 1. The van der Waals surface area contributed by atoms with Crippen LogP contribution in [0.15, 0.2) is 30.6 Å². The number of ether oxygens (including phenoxy) is 2. The Morgan fingerprint density at radius 1 is 1.50 bits per heavy atom. The number of aryl methyl sites for hydroxylation is 3. The van der Waals surface area contributed by atoms with Crippen molar-refractivity contribution in [2.24, 2.45) is 7.05 Å². The first-order valence-electron chi connectivity index (χ1n) is 8.22. The molecule has 1 aromatic heterocycles. The van der Waals surface area contributed by atoms with Crippen molar-refractivity contribution in [3.05, 3.63) is 41.7 Å². The second-order valence-corrected chi connectivity index (χ2v) is 6.15. The first kappa shape index (κ1) is 16.5. The minimum absolute atomic E-state index is 0.0159. The minimum Gasteiger partial charge on any atom is -0.488 e. The van der Waals surface area contributed by atoms with Crippen LogP contribution in [0.4, 0.5) is 5.69 Å². The van der Waals surface area contributed by atoms with E-state index in [9.17, 15) is 4.79 Å². The summed E-state index contributed by atoms with van der Waals surface area (Å²) in [4.78, 5) is 12.1. The van der Waals surface area contributed by atoms with E-state index in [1.807, 2.05) is 38.4 Å². The molecule has 2 aromatic rings. The topological polar surface area (TPSA) is 65.4 Å². The quantitative estimate of drug-likeness (QED) is 0.884. The predicted molar refractivity (Wildman–Crippen MR) is 91.2 cm³/mol. The van der Waals surface area contributed by atoms with Crippen LogP contribution in [-0.4, -0.2) is 35.0 Å². The third-order valence-corrected chi connectivity index (χ3v) is 4.05. The highest BCUT2D eigenvalue weighted by molar-refractivity contribution is 5.91. The van der Waals surface area contributed by atoms with Crippen molar-refractivity contribution >= 4 is 11.6 Å². The zero-order valence-electron chi connectivity index (χ0n) is 14.1. The molecule has 1 aliphatic heterocycles. The molecule has 24 heavy (non-hydrogen) atoms. The molecular formula is C18H23N3O3. The SMILES string of the molecule is Cc1ccc(NC(=O)CCc2cnn(C)c2)cc1OC1CCOC1. The van der Waals surface area contributed by atoms with Crippen molar-refractivity contribution in [2.45, 2.75) is 32.3 Å². The number of rotatable bonds is 6. The monoisotopic (exact) mass is 329 g/mol. The molecular weight excluding hydrogens is 306 g/mol. The Labute approximate surface area is 141 Å². The summed E-state index contributed by atoms with van der Waals surface area (Å²) in [5.74, 6) is 0.786. The van der Waals surface area contributed by atoms with Crippen LogP contribution >= 0.6 is 0 Å². The summed E-state index contributed by atoms with van der Waals surface area (Å²) in [5, 5.41) is 7.04. The van der Waals surface area contributed by atoms with Gasteiger partial charge < -0.3 is 14.8 Å². The number of carbonyl (C=O) groups excluding carboxylic acids is 1. The van der Waals surface area contributed by atoms with E-state index in [0.717, 1.165) is 35.6 Å². The Kier molecular flexibility index (Phi) is 5.15. The zero-order valence-corrected chi connectivity index (χ0v) is 14.1. The van der Waals surface area contributed by atoms with Crippen molar-refractivity contribution in [3.63, 3.8) is 0 Å². The number of amides is 1. The van der Waals surface area contributed by atoms with E-state index in [1.165, 1.54) is 0 Å². The van der Waals surface area contributed by atoms with Crippen LogP contribution in [0.3, 0.4) is 0 Å². The number of anilines is 1. The molecule has 0 aliphatic carbocycles. The number of hydrogen-bond acceptors (Lipinski definition) is 4. The maximum absolute atomic E-state index is 12.1. The van der Waals surface area contributed by atoms with E-state index >= 15 is 0 Å². The van der Waals surface area contributed by atoms with Gasteiger partial charge in [0.25, 0.3) is 0 Å². The van der Waals surface area contributed by atoms with Gasteiger partial charge in [-0.25, -0.2) is 0 Å². The fourth-order valence-electron chi connectivity index (χ4n) is 2.67. The smallest absolute Gasteiger partial charge is 0.224 e. The van der Waals surface area contributed by atoms with Crippen LogP contribution in [0.5, 0.6) is 5.75 Å². The van der Waals surface area contributed by atoms with Crippen LogP contribution in [0.2, 0.25) is 0 Å². The lowest BCUT2D eigenvalue weighted by Crippen LogP contribution is -2.17. The third kappa shape index (κ3) is 4.35. The number of benzene rings is 1. The lowest BCUT2D eigenvalue weighted by Gasteiger charge is -2.15. The normalized spacial score (nSPS) is 17.0. The Bertz CT molecular complexity index is 705. The summed E-state index contributed by atoms with van der Waals surface area (Å²) in [7, 11) is 1.87. The Balaban J connectivity index is 1.56. The zero-order chi connectivity index (χ0) is 16.9. The number of carbonyl (C=O) groups is 1. The van der Waals surface area contributed by atoms with Gasteiger partial charge in [0, 0.05) is 37.8 Å². The van der Waals surface area contributed by atoms with E-state index in [4.69, 9.17) is 9.47 Å². The van der Waals surface area contributed by atoms with Gasteiger partial charge in [-0.1, -0.05) is 6.07 Å². The Hall–Kier alpha value is -2.34. The summed E-state index contributed by atoms with van der Waals surface area (Å²) in [5.41, 5.74) is 2.86. The van der Waals surface area contributed by atoms with E-state index in [2.05, 4.69) is 10.4 Å². The molecule has 1 unspecified atom stereocenters. The lowest BCUT2D eigenvalue weighted by atomic mass is 10.1. The van der Waals surface area contributed by atoms with Gasteiger partial charge in [-0.05, 0) is 30.5 Å². The highest BCUT2D eigenvalue weighted by Gasteiger charge is 2.18. The van der Waals surface area contributed by atoms with Crippen molar-refractivity contribution in [1.82, 2.24) is 9.78 Å². The van der Waals surface area contributed by atoms with Gasteiger partial charge in [-0.2, -0.15) is 5.10 Å². The third-order valence-electron chi connectivity index (χ3n) is 4.05. The number of aromatic nitrogens is 2. The van der Waals surface area contributed by atoms with E-state index in [0.29, 0.717) is 19.4 Å². The van der Waals surface area contributed by atoms with Crippen LogP contribution in [0.25, 0.3) is 0 Å². The first-order valence-corrected chi connectivity index (χ1v) is 8.22. The Morgan fingerprint density at radius 3 is 3.08 bits per heavy atom. The van der Waals surface area contributed by atoms with E-state index in [-0.39, 0.29) is 12.0 Å². The molecule has 6 nitrogen and oxygen atoms in total. The molecule has 1 saturated heterocycles. The molecule has 3 rings (SSSR count). The number of nitrogens with zero attached hydrogens (tertiary/aromatic N) is 2. The molecule has 1 fully saturated rings. The van der Waals surface area contributed by atoms with Gasteiger partial charge in [0.1, 0.15) is 11.9 Å². The highest BCUT2D eigenvalue weighted by Crippen LogP contribution is 2.25. The molecule has 128 valence electrons. The summed E-state index contributed by atoms with van der Waals surface area (Å²) in [6.45, 7) is 3.37. The molecule has 1 atom stereocenters. The Morgan fingerprint density at radius 2 is 2.38 bits per heavy atom. The first-order chi connectivity index (χ1) is 11.6. The van der Waals surface area contributed by atoms with Gasteiger partial charge in [0.2, 0.25) is 5.91 Å². The van der Waals surface area contributed by atoms with Crippen LogP contribution in [0.1, 0.15) is 24.0 Å². The molecule has 0 saturated carbocycles. The fraction of sp³-hybridized carbons (Fsp3) is 0.444. The molecule has 2 heterocycles. The van der Waals surface area contributed by atoms with Gasteiger partial charge in [0.05, 0.1) is 19.4 Å². The average Bonchev–Trinajstić information content (AvgIpc) is 3.20. The van der Waals surface area contributed by atoms with Crippen molar-refractivity contribution in [1.29, 1.82) is 0 Å².